The third-order valence-electron chi connectivity index (χ3n) is 6.76. The van der Waals surface area contributed by atoms with Gasteiger partial charge in [-0.25, -0.2) is 17.2 Å². The van der Waals surface area contributed by atoms with Crippen LogP contribution >= 0.6 is 0 Å². The van der Waals surface area contributed by atoms with Gasteiger partial charge in [0.2, 0.25) is 0 Å². The second-order valence-corrected chi connectivity index (χ2v) is 11.1. The molecule has 1 aliphatic carbocycles. The molecule has 4 rings (SSSR count). The Kier molecular flexibility index (Phi) is 6.53. The molecule has 9 heteroatoms. The number of nitrogens with one attached hydrogen (secondary N) is 1. The Morgan fingerprint density at radius 2 is 1.85 bits per heavy atom. The molecule has 0 aromatic heterocycles. The predicted molar refractivity (Wildman–Crippen MR) is 120 cm³/mol. The lowest BCUT2D eigenvalue weighted by molar-refractivity contribution is -0.122. The van der Waals surface area contributed by atoms with Crippen LogP contribution in [-0.4, -0.2) is 32.5 Å². The van der Waals surface area contributed by atoms with E-state index in [4.69, 9.17) is 5.26 Å². The van der Waals surface area contributed by atoms with Crippen LogP contribution in [0.3, 0.4) is 0 Å². The highest BCUT2D eigenvalue weighted by atomic mass is 32.2. The highest BCUT2D eigenvalue weighted by Gasteiger charge is 2.42. The Balaban J connectivity index is 1.55. The van der Waals surface area contributed by atoms with Crippen molar-refractivity contribution in [3.05, 3.63) is 53.1 Å². The molecule has 1 saturated heterocycles. The summed E-state index contributed by atoms with van der Waals surface area (Å²) in [6.45, 7) is 0. The van der Waals surface area contributed by atoms with Gasteiger partial charge in [-0.15, -0.1) is 0 Å². The number of piperidine rings is 1. The van der Waals surface area contributed by atoms with E-state index < -0.39 is 27.4 Å². The third-order valence-corrected chi connectivity index (χ3v) is 7.90. The number of hydrogen-bond acceptors (Lipinski definition) is 6. The molecule has 34 heavy (non-hydrogen) atoms. The number of sulfone groups is 1. The molecule has 4 atom stereocenters. The molecule has 6 nitrogen and oxygen atoms in total. The minimum atomic E-state index is -3.73. The van der Waals surface area contributed by atoms with Crippen molar-refractivity contribution in [2.24, 2.45) is 11.8 Å². The Labute approximate surface area is 197 Å². The van der Waals surface area contributed by atoms with Gasteiger partial charge in [-0.3, -0.25) is 4.79 Å². The minimum absolute atomic E-state index is 0.0599. The maximum absolute atomic E-state index is 14.9. The van der Waals surface area contributed by atoms with Gasteiger partial charge in [-0.2, -0.15) is 10.5 Å². The lowest BCUT2D eigenvalue weighted by atomic mass is 9.88. The molecule has 0 amide bonds. The van der Waals surface area contributed by atoms with Crippen molar-refractivity contribution in [3.63, 3.8) is 0 Å². The lowest BCUT2D eigenvalue weighted by Crippen LogP contribution is -2.42. The minimum Gasteiger partial charge on any atom is -0.304 e. The molecular formula is C25H23F2N3O3S. The quantitative estimate of drug-likeness (QED) is 0.643. The van der Waals surface area contributed by atoms with E-state index in [1.54, 1.807) is 6.07 Å². The molecule has 2 aliphatic rings. The van der Waals surface area contributed by atoms with Crippen LogP contribution < -0.4 is 5.32 Å². The largest absolute Gasteiger partial charge is 0.304 e. The van der Waals surface area contributed by atoms with E-state index in [0.717, 1.165) is 37.7 Å². The van der Waals surface area contributed by atoms with E-state index in [1.807, 2.05) is 6.07 Å². The van der Waals surface area contributed by atoms with E-state index in [-0.39, 0.29) is 57.7 Å². The number of ketones is 1. The number of carbonyl (C=O) groups is 1. The average Bonchev–Trinajstić information content (AvgIpc) is 3.43. The Morgan fingerprint density at radius 1 is 1.15 bits per heavy atom. The van der Waals surface area contributed by atoms with Gasteiger partial charge in [-0.05, 0) is 67.0 Å². The normalized spacial score (nSPS) is 22.2. The molecule has 1 saturated carbocycles. The van der Waals surface area contributed by atoms with Crippen molar-refractivity contribution < 1.29 is 22.0 Å². The molecule has 1 heterocycles. The molecule has 1 aliphatic heterocycles. The molecule has 1 unspecified atom stereocenters. The summed E-state index contributed by atoms with van der Waals surface area (Å²) >= 11 is 0. The Bertz CT molecular complexity index is 1320. The number of rotatable bonds is 7. The number of nitrogens with zero attached hydrogens (tertiary/aromatic N) is 2. The number of nitriles is 2. The summed E-state index contributed by atoms with van der Waals surface area (Å²) < 4.78 is 53.8. The number of halogens is 2. The highest BCUT2D eigenvalue weighted by Crippen LogP contribution is 2.36. The lowest BCUT2D eigenvalue weighted by Gasteiger charge is -2.23. The summed E-state index contributed by atoms with van der Waals surface area (Å²) in [6.07, 6.45) is 3.60. The smallest absolute Gasteiger partial charge is 0.176 e. The van der Waals surface area contributed by atoms with Crippen molar-refractivity contribution in [1.29, 1.82) is 10.5 Å². The van der Waals surface area contributed by atoms with Gasteiger partial charge in [0.05, 0.1) is 28.5 Å². The summed E-state index contributed by atoms with van der Waals surface area (Å²) in [6, 6.07) is 9.91. The number of benzene rings is 2. The van der Waals surface area contributed by atoms with Crippen LogP contribution in [-0.2, 0) is 21.1 Å². The van der Waals surface area contributed by atoms with E-state index in [9.17, 15) is 27.3 Å². The first-order valence-electron chi connectivity index (χ1n) is 11.0. The van der Waals surface area contributed by atoms with Crippen LogP contribution in [0.1, 0.15) is 36.8 Å². The second kappa shape index (κ2) is 9.25. The zero-order valence-corrected chi connectivity index (χ0v) is 19.3. The predicted octanol–water partition coefficient (Wildman–Crippen LogP) is 3.69. The van der Waals surface area contributed by atoms with Gasteiger partial charge in [0.25, 0.3) is 0 Å². The van der Waals surface area contributed by atoms with Gasteiger partial charge >= 0.3 is 0 Å². The molecule has 1 N–H and O–H groups in total. The van der Waals surface area contributed by atoms with E-state index >= 15 is 0 Å². The zero-order valence-electron chi connectivity index (χ0n) is 18.5. The fraction of sp³-hybridized carbons (Fsp3) is 0.400. The Hall–Kier alpha value is -3.14. The summed E-state index contributed by atoms with van der Waals surface area (Å²) in [5, 5.41) is 22.0. The van der Waals surface area contributed by atoms with Crippen molar-refractivity contribution >= 4 is 15.6 Å². The molecule has 0 radical (unpaired) electrons. The van der Waals surface area contributed by atoms with Crippen LogP contribution in [0, 0.1) is 46.1 Å². The summed E-state index contributed by atoms with van der Waals surface area (Å²) in [4.78, 5) is 12.5. The molecule has 2 aromatic rings. The van der Waals surface area contributed by atoms with E-state index in [1.165, 1.54) is 18.2 Å². The van der Waals surface area contributed by atoms with Crippen LogP contribution in [0.5, 0.6) is 0 Å². The fourth-order valence-electron chi connectivity index (χ4n) is 5.06. The maximum Gasteiger partial charge on any atom is 0.176 e. The molecule has 0 spiro atoms. The molecule has 2 bridgehead atoms. The van der Waals surface area contributed by atoms with Crippen molar-refractivity contribution in [1.82, 2.24) is 5.32 Å². The molecule has 2 aromatic carbocycles. The van der Waals surface area contributed by atoms with Gasteiger partial charge in [0, 0.05) is 24.3 Å². The van der Waals surface area contributed by atoms with Crippen LogP contribution in [0.15, 0.2) is 35.2 Å². The monoisotopic (exact) mass is 483 g/mol. The van der Waals surface area contributed by atoms with Crippen LogP contribution in [0.4, 0.5) is 8.78 Å². The SMILES string of the molecule is CS(=O)(=O)c1cc(-c2cc(F)c(CC(C#N)CC(=O)[C@H]3N[C@@H]4CC[C@H]3C4)c(F)c2)ccc1C#N. The number of carbonyl (C=O) groups excluding carboxylic acids is 1. The second-order valence-electron chi connectivity index (χ2n) is 9.13. The average molecular weight is 484 g/mol. The van der Waals surface area contributed by atoms with E-state index in [2.05, 4.69) is 5.32 Å². The van der Waals surface area contributed by atoms with Gasteiger partial charge in [-0.1, -0.05) is 6.07 Å². The van der Waals surface area contributed by atoms with Gasteiger partial charge in [0.15, 0.2) is 15.6 Å². The summed E-state index contributed by atoms with van der Waals surface area (Å²) in [5.74, 6) is -2.46. The van der Waals surface area contributed by atoms with Crippen molar-refractivity contribution in [2.45, 2.75) is 49.1 Å². The number of hydrogen-bond donors (Lipinski definition) is 1. The highest BCUT2D eigenvalue weighted by molar-refractivity contribution is 7.90. The summed E-state index contributed by atoms with van der Waals surface area (Å²) in [7, 11) is -3.73. The standard InChI is InChI=1S/C25H23F2N3O3S/c1-34(32,33)24-11-15(2-3-17(24)13-29)18-9-21(26)20(22(27)10-18)6-14(12-28)7-23(31)25-16-4-5-19(8-16)30-25/h2-3,9-11,14,16,19,25,30H,4-8H2,1H3/t14?,16-,19+,25-/m0/s1. The first-order valence-corrected chi connectivity index (χ1v) is 12.9. The molecule has 176 valence electrons. The molecular weight excluding hydrogens is 460 g/mol. The first-order chi connectivity index (χ1) is 16.1. The third kappa shape index (κ3) is 4.72. The van der Waals surface area contributed by atoms with Crippen molar-refractivity contribution in [3.8, 4) is 23.3 Å². The topological polar surface area (TPSA) is 111 Å². The number of Topliss-reactive ketones (excluding diaryl/α,β-unsaturated/α-hetero) is 1. The number of fused-ring (bicyclic) bond motifs is 2. The maximum atomic E-state index is 14.9. The first kappa shape index (κ1) is 24.0. The fourth-order valence-corrected chi connectivity index (χ4v) is 5.92. The van der Waals surface area contributed by atoms with Crippen molar-refractivity contribution in [2.75, 3.05) is 6.26 Å². The summed E-state index contributed by atoms with van der Waals surface area (Å²) in [5.41, 5.74) is -0.0154. The Morgan fingerprint density at radius 3 is 2.38 bits per heavy atom. The van der Waals surface area contributed by atoms with Gasteiger partial charge < -0.3 is 5.32 Å². The molecule has 2 fully saturated rings. The van der Waals surface area contributed by atoms with Crippen LogP contribution in [0.25, 0.3) is 11.1 Å². The van der Waals surface area contributed by atoms with E-state index in [0.29, 0.717) is 6.04 Å². The zero-order chi connectivity index (χ0) is 24.6. The van der Waals surface area contributed by atoms with Gasteiger partial charge in [0.1, 0.15) is 17.7 Å². The van der Waals surface area contributed by atoms with Crippen LogP contribution in [0.2, 0.25) is 0 Å².